The van der Waals surface area contributed by atoms with E-state index in [0.29, 0.717) is 16.2 Å². The van der Waals surface area contributed by atoms with Crippen LogP contribution in [0.15, 0.2) is 85.2 Å². The zero-order valence-electron chi connectivity index (χ0n) is 19.2. The first-order chi connectivity index (χ1) is 17.0. The molecule has 4 aromatic rings. The van der Waals surface area contributed by atoms with Gasteiger partial charge in [0.05, 0.1) is 24.4 Å². The lowest BCUT2D eigenvalue weighted by atomic mass is 10.0. The topological polar surface area (TPSA) is 59.4 Å². The summed E-state index contributed by atoms with van der Waals surface area (Å²) in [6.07, 6.45) is 3.72. The highest BCUT2D eigenvalue weighted by Crippen LogP contribution is 2.42. The molecule has 2 atom stereocenters. The average Bonchev–Trinajstić information content (AvgIpc) is 3.50. The average molecular weight is 487 g/mol. The van der Waals surface area contributed by atoms with Crippen LogP contribution in [-0.4, -0.2) is 27.7 Å². The van der Waals surface area contributed by atoms with Gasteiger partial charge in [0.15, 0.2) is 5.11 Å². The van der Waals surface area contributed by atoms with E-state index in [9.17, 15) is 9.18 Å². The van der Waals surface area contributed by atoms with Gasteiger partial charge in [-0.15, -0.1) is 0 Å². The minimum absolute atomic E-state index is 0.239. The second-order valence-electron chi connectivity index (χ2n) is 8.27. The number of hydrogen-bond donors (Lipinski definition) is 1. The van der Waals surface area contributed by atoms with E-state index in [1.54, 1.807) is 37.4 Å². The molecule has 0 radical (unpaired) electrons. The van der Waals surface area contributed by atoms with Crippen molar-refractivity contribution >= 4 is 29.0 Å². The lowest BCUT2D eigenvalue weighted by Crippen LogP contribution is -2.30. The van der Waals surface area contributed by atoms with Gasteiger partial charge < -0.3 is 19.5 Å². The SMILES string of the molecule is COC(=O)c1ccc(-n2cccc2[C@@H]2[C@@H](c3ccccn3)NC(=S)N2c2ccc(F)c(C)c2)cc1. The molecule has 2 aromatic heterocycles. The van der Waals surface area contributed by atoms with Crippen LogP contribution in [0, 0.1) is 12.7 Å². The highest BCUT2D eigenvalue weighted by molar-refractivity contribution is 7.80. The maximum absolute atomic E-state index is 14.1. The molecular formula is C27H23FN4O2S. The van der Waals surface area contributed by atoms with Crippen LogP contribution in [0.5, 0.6) is 0 Å². The Kier molecular flexibility index (Phi) is 6.05. The maximum atomic E-state index is 14.1. The van der Waals surface area contributed by atoms with Gasteiger partial charge in [0.25, 0.3) is 0 Å². The summed E-state index contributed by atoms with van der Waals surface area (Å²) >= 11 is 5.78. The summed E-state index contributed by atoms with van der Waals surface area (Å²) in [6, 6.07) is 21.5. The van der Waals surface area contributed by atoms with E-state index in [2.05, 4.69) is 14.9 Å². The van der Waals surface area contributed by atoms with Crippen LogP contribution >= 0.6 is 12.2 Å². The zero-order valence-corrected chi connectivity index (χ0v) is 20.0. The van der Waals surface area contributed by atoms with E-state index in [1.807, 2.05) is 53.6 Å². The lowest BCUT2D eigenvalue weighted by Gasteiger charge is -2.29. The summed E-state index contributed by atoms with van der Waals surface area (Å²) < 4.78 is 21.0. The number of thiocarbonyl (C=S) groups is 1. The normalized spacial score (nSPS) is 17.3. The monoisotopic (exact) mass is 486 g/mol. The number of nitrogens with zero attached hydrogens (tertiary/aromatic N) is 3. The van der Waals surface area contributed by atoms with Crippen LogP contribution in [0.2, 0.25) is 0 Å². The van der Waals surface area contributed by atoms with Gasteiger partial charge in [-0.3, -0.25) is 4.98 Å². The fraction of sp³-hybridized carbons (Fsp3) is 0.148. The number of aromatic nitrogens is 2. The second kappa shape index (κ2) is 9.31. The molecule has 1 N–H and O–H groups in total. The van der Waals surface area contributed by atoms with Crippen molar-refractivity contribution in [2.45, 2.75) is 19.0 Å². The Morgan fingerprint density at radius 1 is 1.06 bits per heavy atom. The van der Waals surface area contributed by atoms with Gasteiger partial charge in [-0.05, 0) is 91.4 Å². The summed E-state index contributed by atoms with van der Waals surface area (Å²) in [6.45, 7) is 1.74. The van der Waals surface area contributed by atoms with Crippen LogP contribution in [0.25, 0.3) is 5.69 Å². The third-order valence-electron chi connectivity index (χ3n) is 6.17. The number of ether oxygens (including phenoxy) is 1. The first-order valence-electron chi connectivity index (χ1n) is 11.1. The molecule has 8 heteroatoms. The minimum Gasteiger partial charge on any atom is -0.465 e. The molecule has 1 fully saturated rings. The Labute approximate surface area is 208 Å². The molecule has 0 aliphatic carbocycles. The number of aryl methyl sites for hydroxylation is 1. The molecule has 6 nitrogen and oxygen atoms in total. The van der Waals surface area contributed by atoms with E-state index >= 15 is 0 Å². The number of nitrogens with one attached hydrogen (secondary N) is 1. The van der Waals surface area contributed by atoms with Gasteiger partial charge in [-0.1, -0.05) is 6.07 Å². The highest BCUT2D eigenvalue weighted by atomic mass is 32.1. The van der Waals surface area contributed by atoms with Gasteiger partial charge in [0.2, 0.25) is 0 Å². The number of hydrogen-bond acceptors (Lipinski definition) is 4. The largest absolute Gasteiger partial charge is 0.465 e. The summed E-state index contributed by atoms with van der Waals surface area (Å²) in [5, 5.41) is 3.96. The van der Waals surface area contributed by atoms with Crippen LogP contribution in [-0.2, 0) is 4.74 Å². The van der Waals surface area contributed by atoms with Crippen molar-refractivity contribution in [2.75, 3.05) is 12.0 Å². The third-order valence-corrected chi connectivity index (χ3v) is 6.48. The van der Waals surface area contributed by atoms with Crippen molar-refractivity contribution in [2.24, 2.45) is 0 Å². The van der Waals surface area contributed by atoms with Crippen molar-refractivity contribution in [3.63, 3.8) is 0 Å². The molecule has 2 aromatic carbocycles. The molecule has 0 spiro atoms. The summed E-state index contributed by atoms with van der Waals surface area (Å²) in [4.78, 5) is 18.5. The number of carbonyl (C=O) groups excluding carboxylic acids is 1. The summed E-state index contributed by atoms with van der Waals surface area (Å²) in [5.74, 6) is -0.651. The smallest absolute Gasteiger partial charge is 0.337 e. The Morgan fingerprint density at radius 3 is 2.51 bits per heavy atom. The van der Waals surface area contributed by atoms with Gasteiger partial charge >= 0.3 is 5.97 Å². The number of halogens is 1. The Hall–Kier alpha value is -4.04. The fourth-order valence-electron chi connectivity index (χ4n) is 4.46. The van der Waals surface area contributed by atoms with Crippen LogP contribution in [0.3, 0.4) is 0 Å². The van der Waals surface area contributed by atoms with Crippen LogP contribution in [0.4, 0.5) is 10.1 Å². The molecule has 1 aliphatic rings. The quantitative estimate of drug-likeness (QED) is 0.306. The van der Waals surface area contributed by atoms with Gasteiger partial charge in [0, 0.05) is 29.5 Å². The number of carbonyl (C=O) groups is 1. The van der Waals surface area contributed by atoms with E-state index in [-0.39, 0.29) is 23.9 Å². The fourth-order valence-corrected chi connectivity index (χ4v) is 4.80. The molecule has 0 bridgehead atoms. The molecule has 176 valence electrons. The molecule has 1 aliphatic heterocycles. The highest BCUT2D eigenvalue weighted by Gasteiger charge is 2.42. The van der Waals surface area contributed by atoms with Gasteiger partial charge in [-0.25, -0.2) is 9.18 Å². The Bertz CT molecular complexity index is 1390. The minimum atomic E-state index is -0.386. The van der Waals surface area contributed by atoms with Crippen molar-refractivity contribution in [1.82, 2.24) is 14.9 Å². The molecule has 0 amide bonds. The number of esters is 1. The van der Waals surface area contributed by atoms with E-state index in [0.717, 1.165) is 22.8 Å². The Morgan fingerprint density at radius 2 is 1.83 bits per heavy atom. The molecule has 3 heterocycles. The van der Waals surface area contributed by atoms with Crippen molar-refractivity contribution < 1.29 is 13.9 Å². The number of anilines is 1. The second-order valence-corrected chi connectivity index (χ2v) is 8.66. The predicted octanol–water partition coefficient (Wildman–Crippen LogP) is 5.28. The number of methoxy groups -OCH3 is 1. The first-order valence-corrected chi connectivity index (χ1v) is 11.5. The number of benzene rings is 2. The van der Waals surface area contributed by atoms with E-state index in [1.165, 1.54) is 13.2 Å². The van der Waals surface area contributed by atoms with Gasteiger partial charge in [0.1, 0.15) is 11.9 Å². The van der Waals surface area contributed by atoms with Crippen LogP contribution in [0.1, 0.15) is 39.4 Å². The van der Waals surface area contributed by atoms with E-state index < -0.39 is 0 Å². The Balaban J connectivity index is 1.63. The zero-order chi connectivity index (χ0) is 24.5. The number of pyridine rings is 1. The molecule has 0 unspecified atom stereocenters. The molecular weight excluding hydrogens is 463 g/mol. The first kappa shape index (κ1) is 22.7. The summed E-state index contributed by atoms with van der Waals surface area (Å²) in [7, 11) is 1.36. The van der Waals surface area contributed by atoms with Gasteiger partial charge in [-0.2, -0.15) is 0 Å². The summed E-state index contributed by atoms with van der Waals surface area (Å²) in [5.41, 5.74) is 4.49. The lowest BCUT2D eigenvalue weighted by molar-refractivity contribution is 0.0600. The molecule has 35 heavy (non-hydrogen) atoms. The van der Waals surface area contributed by atoms with Crippen molar-refractivity contribution in [1.29, 1.82) is 0 Å². The standard InChI is InChI=1S/C27H23FN4O2S/c1-17-16-20(12-13-21(17)28)32-25(24(30-27(32)35)22-6-3-4-14-29-22)23-7-5-15-31(23)19-10-8-18(9-11-19)26(33)34-2/h3-16,24-25H,1-2H3,(H,30,35)/t24-,25-/m1/s1. The van der Waals surface area contributed by atoms with Crippen LogP contribution < -0.4 is 10.2 Å². The van der Waals surface area contributed by atoms with E-state index in [4.69, 9.17) is 17.0 Å². The molecule has 0 saturated carbocycles. The number of rotatable bonds is 5. The third kappa shape index (κ3) is 4.17. The maximum Gasteiger partial charge on any atom is 0.337 e. The molecule has 5 rings (SSSR count). The van der Waals surface area contributed by atoms with Crippen molar-refractivity contribution in [3.05, 3.63) is 114 Å². The molecule has 1 saturated heterocycles. The predicted molar refractivity (Wildman–Crippen MR) is 136 cm³/mol. The van der Waals surface area contributed by atoms with Crippen molar-refractivity contribution in [3.8, 4) is 5.69 Å².